The van der Waals surface area contributed by atoms with Gasteiger partial charge < -0.3 is 23.6 Å². The molecule has 0 bridgehead atoms. The second-order valence-electron chi connectivity index (χ2n) is 10.5. The van der Waals surface area contributed by atoms with Crippen molar-refractivity contribution in [1.29, 1.82) is 0 Å². The maximum Gasteiger partial charge on any atom is 0.329 e. The van der Waals surface area contributed by atoms with Gasteiger partial charge in [-0.25, -0.2) is 0 Å². The van der Waals surface area contributed by atoms with Crippen molar-refractivity contribution in [3.8, 4) is 0 Å². The van der Waals surface area contributed by atoms with Crippen LogP contribution in [-0.4, -0.2) is 55.7 Å². The summed E-state index contributed by atoms with van der Waals surface area (Å²) in [6.45, 7) is 7.51. The quantitative estimate of drug-likeness (QED) is 0.0709. The van der Waals surface area contributed by atoms with Gasteiger partial charge >= 0.3 is 14.6 Å². The molecule has 35 heavy (non-hydrogen) atoms. The predicted octanol–water partition coefficient (Wildman–Crippen LogP) is 8.02. The summed E-state index contributed by atoms with van der Waals surface area (Å²) in [5.74, 6) is 0.288. The number of ether oxygens (including phenoxy) is 1. The number of rotatable bonds is 26. The molecule has 0 rings (SSSR count). The molecule has 210 valence electrons. The number of carbonyl (C=O) groups excluding carboxylic acids is 1. The monoisotopic (exact) mass is 519 g/mol. The third-order valence-electron chi connectivity index (χ3n) is 6.44. The van der Waals surface area contributed by atoms with Gasteiger partial charge in [0, 0.05) is 6.92 Å². The first-order valence-corrected chi connectivity index (χ1v) is 15.5. The van der Waals surface area contributed by atoms with Crippen LogP contribution >= 0.6 is 8.60 Å². The van der Waals surface area contributed by atoms with E-state index in [-0.39, 0.29) is 18.7 Å². The molecule has 0 saturated heterocycles. The predicted molar refractivity (Wildman–Crippen MR) is 148 cm³/mol. The first-order chi connectivity index (χ1) is 16.8. The van der Waals surface area contributed by atoms with E-state index >= 15 is 0 Å². The zero-order valence-corrected chi connectivity index (χ0v) is 24.7. The Balaban J connectivity index is 3.76. The molecule has 0 amide bonds. The molecule has 1 N–H and O–H groups in total. The lowest BCUT2D eigenvalue weighted by Crippen LogP contribution is -2.22. The van der Waals surface area contributed by atoms with E-state index in [9.17, 15) is 9.69 Å². The lowest BCUT2D eigenvalue weighted by molar-refractivity contribution is -0.148. The molecule has 0 aromatic heterocycles. The van der Waals surface area contributed by atoms with Crippen LogP contribution in [0.1, 0.15) is 130 Å². The van der Waals surface area contributed by atoms with Gasteiger partial charge in [-0.2, -0.15) is 0 Å². The first-order valence-electron chi connectivity index (χ1n) is 14.4. The highest BCUT2D eigenvalue weighted by Gasteiger charge is 2.17. The van der Waals surface area contributed by atoms with Crippen molar-refractivity contribution in [1.82, 2.24) is 4.90 Å². The van der Waals surface area contributed by atoms with E-state index < -0.39 is 8.60 Å². The Morgan fingerprint density at radius 1 is 0.800 bits per heavy atom. The molecular formula is C28H58NO5P. The zero-order chi connectivity index (χ0) is 26.2. The molecule has 0 radical (unpaired) electrons. The van der Waals surface area contributed by atoms with Gasteiger partial charge in [-0.3, -0.25) is 4.79 Å². The smallest absolute Gasteiger partial charge is 0.329 e. The fraction of sp³-hybridized carbons (Fsp3) is 0.964. The molecule has 0 aromatic carbocycles. The molecule has 0 aliphatic carbocycles. The number of hydrogen-bond donors (Lipinski definition) is 1. The van der Waals surface area contributed by atoms with Crippen LogP contribution in [0.3, 0.4) is 0 Å². The molecule has 6 nitrogen and oxygen atoms in total. The Morgan fingerprint density at radius 2 is 1.34 bits per heavy atom. The molecule has 0 fully saturated rings. The van der Waals surface area contributed by atoms with Crippen molar-refractivity contribution in [2.45, 2.75) is 136 Å². The highest BCUT2D eigenvalue weighted by molar-refractivity contribution is 7.40. The molecule has 3 unspecified atom stereocenters. The summed E-state index contributed by atoms with van der Waals surface area (Å²) >= 11 is 0. The molecule has 0 aromatic rings. The maximum absolute atomic E-state index is 11.5. The van der Waals surface area contributed by atoms with Gasteiger partial charge in [-0.05, 0) is 45.8 Å². The fourth-order valence-electron chi connectivity index (χ4n) is 4.24. The van der Waals surface area contributed by atoms with E-state index in [1.807, 2.05) is 14.1 Å². The standard InChI is InChI=1S/C28H58NO5P/c1-6-7-8-9-10-11-12-13-14-15-16-17-18-20-26(2)21-22-28(34-27(3)30)25-33-35(31)32-24-19-23-29(4)5/h26,28,31H,6-25H2,1-5H3. The number of carbonyl (C=O) groups is 1. The highest BCUT2D eigenvalue weighted by Crippen LogP contribution is 2.33. The van der Waals surface area contributed by atoms with Gasteiger partial charge in [0.2, 0.25) is 0 Å². The van der Waals surface area contributed by atoms with Crippen LogP contribution in [0.5, 0.6) is 0 Å². The fourth-order valence-corrected chi connectivity index (χ4v) is 4.90. The van der Waals surface area contributed by atoms with Crippen molar-refractivity contribution in [3.05, 3.63) is 0 Å². The van der Waals surface area contributed by atoms with E-state index in [0.717, 1.165) is 25.8 Å². The Kier molecular flexibility index (Phi) is 25.2. The van der Waals surface area contributed by atoms with E-state index in [1.54, 1.807) is 0 Å². The molecule has 0 heterocycles. The number of nitrogens with zero attached hydrogens (tertiary/aromatic N) is 1. The molecule has 0 saturated carbocycles. The summed E-state index contributed by atoms with van der Waals surface area (Å²) in [6.07, 6.45) is 21.4. The third kappa shape index (κ3) is 26.6. The number of hydrogen-bond acceptors (Lipinski definition) is 6. The van der Waals surface area contributed by atoms with Crippen LogP contribution in [0.2, 0.25) is 0 Å². The number of unbranched alkanes of at least 4 members (excludes halogenated alkanes) is 12. The highest BCUT2D eigenvalue weighted by atomic mass is 31.2. The maximum atomic E-state index is 11.5. The topological polar surface area (TPSA) is 68.2 Å². The van der Waals surface area contributed by atoms with Gasteiger partial charge in [0.25, 0.3) is 0 Å². The zero-order valence-electron chi connectivity index (χ0n) is 23.8. The summed E-state index contributed by atoms with van der Waals surface area (Å²) in [4.78, 5) is 23.5. The van der Waals surface area contributed by atoms with Crippen LogP contribution in [-0.2, 0) is 18.6 Å². The van der Waals surface area contributed by atoms with E-state index in [4.69, 9.17) is 13.8 Å². The minimum Gasteiger partial charge on any atom is -0.460 e. The average Bonchev–Trinajstić information content (AvgIpc) is 2.81. The summed E-state index contributed by atoms with van der Waals surface area (Å²) in [5.41, 5.74) is 0. The van der Waals surface area contributed by atoms with Crippen LogP contribution in [0.25, 0.3) is 0 Å². The van der Waals surface area contributed by atoms with Crippen molar-refractivity contribution in [2.75, 3.05) is 33.9 Å². The van der Waals surface area contributed by atoms with Crippen molar-refractivity contribution < 1.29 is 23.5 Å². The van der Waals surface area contributed by atoms with E-state index in [0.29, 0.717) is 12.5 Å². The Morgan fingerprint density at radius 3 is 1.86 bits per heavy atom. The normalized spacial score (nSPS) is 14.3. The van der Waals surface area contributed by atoms with Crippen LogP contribution < -0.4 is 0 Å². The third-order valence-corrected chi connectivity index (χ3v) is 7.21. The van der Waals surface area contributed by atoms with E-state index in [1.165, 1.54) is 96.8 Å². The lowest BCUT2D eigenvalue weighted by atomic mass is 9.96. The molecule has 0 aliphatic heterocycles. The molecule has 3 atom stereocenters. The van der Waals surface area contributed by atoms with Crippen LogP contribution in [0.15, 0.2) is 0 Å². The van der Waals surface area contributed by atoms with Gasteiger partial charge in [0.15, 0.2) is 0 Å². The largest absolute Gasteiger partial charge is 0.460 e. The number of esters is 1. The second-order valence-corrected chi connectivity index (χ2v) is 11.5. The Labute approximate surface area is 218 Å². The van der Waals surface area contributed by atoms with Gasteiger partial charge in [0.1, 0.15) is 6.10 Å². The van der Waals surface area contributed by atoms with E-state index in [2.05, 4.69) is 18.7 Å². The second kappa shape index (κ2) is 25.4. The molecule has 0 spiro atoms. The summed E-state index contributed by atoms with van der Waals surface area (Å²) in [6, 6.07) is 0. The molecular weight excluding hydrogens is 461 g/mol. The summed E-state index contributed by atoms with van der Waals surface area (Å²) in [5, 5.41) is 0. The summed E-state index contributed by atoms with van der Waals surface area (Å²) < 4.78 is 16.2. The molecule has 7 heteroatoms. The van der Waals surface area contributed by atoms with Gasteiger partial charge in [0.05, 0.1) is 13.2 Å². The van der Waals surface area contributed by atoms with Crippen LogP contribution in [0, 0.1) is 5.92 Å². The minimum atomic E-state index is -1.93. The Hall–Kier alpha value is -0.260. The Bertz CT molecular complexity index is 467. The SMILES string of the molecule is CCCCCCCCCCCCCCCC(C)CCC(COP(O)OCCCN(C)C)OC(C)=O. The van der Waals surface area contributed by atoms with Crippen LogP contribution in [0.4, 0.5) is 0 Å². The first kappa shape index (κ1) is 34.7. The molecule has 0 aliphatic rings. The van der Waals surface area contributed by atoms with Crippen molar-refractivity contribution in [3.63, 3.8) is 0 Å². The average molecular weight is 520 g/mol. The summed E-state index contributed by atoms with van der Waals surface area (Å²) in [7, 11) is 2.07. The van der Waals surface area contributed by atoms with Gasteiger partial charge in [-0.1, -0.05) is 104 Å². The van der Waals surface area contributed by atoms with Gasteiger partial charge in [-0.15, -0.1) is 0 Å². The van der Waals surface area contributed by atoms with Crippen molar-refractivity contribution in [2.24, 2.45) is 5.92 Å². The lowest BCUT2D eigenvalue weighted by Gasteiger charge is -2.20. The minimum absolute atomic E-state index is 0.181. The van der Waals surface area contributed by atoms with Crippen molar-refractivity contribution >= 4 is 14.6 Å².